The van der Waals surface area contributed by atoms with E-state index in [2.05, 4.69) is 10.6 Å². The topological polar surface area (TPSA) is 41.1 Å². The number of amides is 1. The SMILES string of the molecule is CC1(C(=O)NCCc2ccccc2F)CCCNC1. The van der Waals surface area contributed by atoms with Crippen LogP contribution in [0.2, 0.25) is 0 Å². The van der Waals surface area contributed by atoms with Crippen LogP contribution in [0.3, 0.4) is 0 Å². The normalized spacial score (nSPS) is 23.1. The summed E-state index contributed by atoms with van der Waals surface area (Å²) in [5, 5.41) is 6.18. The highest BCUT2D eigenvalue weighted by Crippen LogP contribution is 2.25. The number of benzene rings is 1. The largest absolute Gasteiger partial charge is 0.355 e. The van der Waals surface area contributed by atoms with Crippen molar-refractivity contribution in [2.24, 2.45) is 5.41 Å². The molecule has 1 atom stereocenters. The van der Waals surface area contributed by atoms with Gasteiger partial charge in [-0.1, -0.05) is 18.2 Å². The molecule has 1 unspecified atom stereocenters. The molecule has 0 radical (unpaired) electrons. The van der Waals surface area contributed by atoms with E-state index >= 15 is 0 Å². The Hall–Kier alpha value is -1.42. The van der Waals surface area contributed by atoms with Crippen LogP contribution in [0.25, 0.3) is 0 Å². The summed E-state index contributed by atoms with van der Waals surface area (Å²) in [6.45, 7) is 4.17. The van der Waals surface area contributed by atoms with Crippen molar-refractivity contribution in [1.82, 2.24) is 10.6 Å². The number of hydrogen-bond donors (Lipinski definition) is 2. The fraction of sp³-hybridized carbons (Fsp3) is 0.533. The standard InChI is InChI=1S/C15H21FN2O/c1-15(8-4-9-17-11-15)14(19)18-10-7-12-5-2-3-6-13(12)16/h2-3,5-6,17H,4,7-11H2,1H3,(H,18,19). The van der Waals surface area contributed by atoms with Crippen LogP contribution in [0.15, 0.2) is 24.3 Å². The molecule has 104 valence electrons. The van der Waals surface area contributed by atoms with Gasteiger partial charge in [0.2, 0.25) is 5.91 Å². The molecule has 1 aromatic carbocycles. The van der Waals surface area contributed by atoms with Gasteiger partial charge in [-0.15, -0.1) is 0 Å². The van der Waals surface area contributed by atoms with Gasteiger partial charge in [-0.2, -0.15) is 0 Å². The van der Waals surface area contributed by atoms with Crippen molar-refractivity contribution in [2.75, 3.05) is 19.6 Å². The molecular weight excluding hydrogens is 243 g/mol. The van der Waals surface area contributed by atoms with E-state index in [0.717, 1.165) is 25.9 Å². The third kappa shape index (κ3) is 3.53. The highest BCUT2D eigenvalue weighted by atomic mass is 19.1. The van der Waals surface area contributed by atoms with E-state index in [-0.39, 0.29) is 17.1 Å². The first kappa shape index (κ1) is 14.0. The summed E-state index contributed by atoms with van der Waals surface area (Å²) in [4.78, 5) is 12.2. The van der Waals surface area contributed by atoms with E-state index in [0.29, 0.717) is 18.5 Å². The zero-order valence-electron chi connectivity index (χ0n) is 11.3. The molecule has 4 heteroatoms. The van der Waals surface area contributed by atoms with Crippen molar-refractivity contribution in [3.8, 4) is 0 Å². The maximum absolute atomic E-state index is 13.4. The summed E-state index contributed by atoms with van der Waals surface area (Å²) in [6.07, 6.45) is 2.46. The van der Waals surface area contributed by atoms with Crippen LogP contribution in [0.4, 0.5) is 4.39 Å². The number of carbonyl (C=O) groups excluding carboxylic acids is 1. The monoisotopic (exact) mass is 264 g/mol. The van der Waals surface area contributed by atoms with Gasteiger partial charge in [-0.05, 0) is 44.4 Å². The molecule has 0 bridgehead atoms. The Labute approximate surface area is 113 Å². The Kier molecular flexibility index (Phi) is 4.53. The summed E-state index contributed by atoms with van der Waals surface area (Å²) in [7, 11) is 0. The molecule has 2 N–H and O–H groups in total. The molecule has 1 saturated heterocycles. The van der Waals surface area contributed by atoms with Crippen LogP contribution < -0.4 is 10.6 Å². The minimum Gasteiger partial charge on any atom is -0.355 e. The number of nitrogens with one attached hydrogen (secondary N) is 2. The molecule has 1 fully saturated rings. The smallest absolute Gasteiger partial charge is 0.227 e. The quantitative estimate of drug-likeness (QED) is 0.871. The lowest BCUT2D eigenvalue weighted by molar-refractivity contribution is -0.131. The van der Waals surface area contributed by atoms with E-state index in [1.807, 2.05) is 13.0 Å². The predicted octanol–water partition coefficient (Wildman–Crippen LogP) is 1.87. The molecule has 0 spiro atoms. The number of rotatable bonds is 4. The van der Waals surface area contributed by atoms with Gasteiger partial charge in [0.25, 0.3) is 0 Å². The molecule has 1 heterocycles. The summed E-state index contributed by atoms with van der Waals surface area (Å²) in [5.41, 5.74) is 0.322. The van der Waals surface area contributed by atoms with E-state index in [1.165, 1.54) is 6.07 Å². The van der Waals surface area contributed by atoms with Crippen molar-refractivity contribution < 1.29 is 9.18 Å². The zero-order chi connectivity index (χ0) is 13.7. The molecule has 0 aliphatic carbocycles. The van der Waals surface area contributed by atoms with Gasteiger partial charge in [0.15, 0.2) is 0 Å². The van der Waals surface area contributed by atoms with E-state index in [4.69, 9.17) is 0 Å². The zero-order valence-corrected chi connectivity index (χ0v) is 11.3. The summed E-state index contributed by atoms with van der Waals surface area (Å²) >= 11 is 0. The van der Waals surface area contributed by atoms with Crippen LogP contribution >= 0.6 is 0 Å². The van der Waals surface area contributed by atoms with Crippen LogP contribution in [-0.4, -0.2) is 25.5 Å². The molecule has 3 nitrogen and oxygen atoms in total. The van der Waals surface area contributed by atoms with Gasteiger partial charge in [0, 0.05) is 13.1 Å². The number of halogens is 1. The summed E-state index contributed by atoms with van der Waals surface area (Å²) in [6, 6.07) is 6.69. The second kappa shape index (κ2) is 6.15. The second-order valence-electron chi connectivity index (χ2n) is 5.44. The van der Waals surface area contributed by atoms with Gasteiger partial charge in [-0.25, -0.2) is 4.39 Å². The predicted molar refractivity (Wildman–Crippen MR) is 73.3 cm³/mol. The number of carbonyl (C=O) groups is 1. The van der Waals surface area contributed by atoms with E-state index in [1.54, 1.807) is 12.1 Å². The Balaban J connectivity index is 1.82. The molecule has 0 saturated carbocycles. The molecule has 19 heavy (non-hydrogen) atoms. The van der Waals surface area contributed by atoms with Crippen molar-refractivity contribution >= 4 is 5.91 Å². The Morgan fingerprint density at radius 1 is 1.47 bits per heavy atom. The first-order chi connectivity index (χ1) is 9.12. The molecule has 2 rings (SSSR count). The lowest BCUT2D eigenvalue weighted by atomic mass is 9.82. The fourth-order valence-electron chi connectivity index (χ4n) is 2.48. The maximum Gasteiger partial charge on any atom is 0.227 e. The second-order valence-corrected chi connectivity index (χ2v) is 5.44. The summed E-state index contributed by atoms with van der Waals surface area (Å²) < 4.78 is 13.4. The van der Waals surface area contributed by atoms with Gasteiger partial charge < -0.3 is 10.6 Å². The highest BCUT2D eigenvalue weighted by Gasteiger charge is 2.34. The molecular formula is C15H21FN2O. The third-order valence-electron chi connectivity index (χ3n) is 3.78. The number of piperidine rings is 1. The van der Waals surface area contributed by atoms with Gasteiger partial charge in [0.1, 0.15) is 5.82 Å². The van der Waals surface area contributed by atoms with Crippen LogP contribution in [0.5, 0.6) is 0 Å². The van der Waals surface area contributed by atoms with Crippen molar-refractivity contribution in [3.05, 3.63) is 35.6 Å². The third-order valence-corrected chi connectivity index (χ3v) is 3.78. The minimum atomic E-state index is -0.326. The molecule has 1 aromatic rings. The van der Waals surface area contributed by atoms with Gasteiger partial charge >= 0.3 is 0 Å². The Morgan fingerprint density at radius 2 is 2.26 bits per heavy atom. The highest BCUT2D eigenvalue weighted by molar-refractivity contribution is 5.82. The van der Waals surface area contributed by atoms with Gasteiger partial charge in [-0.3, -0.25) is 4.79 Å². The van der Waals surface area contributed by atoms with Crippen molar-refractivity contribution in [3.63, 3.8) is 0 Å². The van der Waals surface area contributed by atoms with Crippen molar-refractivity contribution in [1.29, 1.82) is 0 Å². The van der Waals surface area contributed by atoms with Crippen LogP contribution in [0.1, 0.15) is 25.3 Å². The number of hydrogen-bond acceptors (Lipinski definition) is 2. The summed E-state index contributed by atoms with van der Waals surface area (Å²) in [5.74, 6) is -0.140. The molecule has 1 amide bonds. The maximum atomic E-state index is 13.4. The average Bonchev–Trinajstić information content (AvgIpc) is 2.41. The lowest BCUT2D eigenvalue weighted by Crippen LogP contribution is -2.49. The average molecular weight is 264 g/mol. The Bertz CT molecular complexity index is 442. The molecule has 1 aliphatic heterocycles. The minimum absolute atomic E-state index is 0.0658. The first-order valence-electron chi connectivity index (χ1n) is 6.84. The fourth-order valence-corrected chi connectivity index (χ4v) is 2.48. The van der Waals surface area contributed by atoms with Crippen LogP contribution in [-0.2, 0) is 11.2 Å². The first-order valence-corrected chi connectivity index (χ1v) is 6.84. The van der Waals surface area contributed by atoms with E-state index in [9.17, 15) is 9.18 Å². The molecule has 0 aromatic heterocycles. The van der Waals surface area contributed by atoms with Crippen molar-refractivity contribution in [2.45, 2.75) is 26.2 Å². The van der Waals surface area contributed by atoms with Gasteiger partial charge in [0.05, 0.1) is 5.41 Å². The van der Waals surface area contributed by atoms with Crippen LogP contribution in [0, 0.1) is 11.2 Å². The molecule has 1 aliphatic rings. The van der Waals surface area contributed by atoms with E-state index < -0.39 is 0 Å². The Morgan fingerprint density at radius 3 is 2.95 bits per heavy atom. The lowest BCUT2D eigenvalue weighted by Gasteiger charge is -2.32.